The van der Waals surface area contributed by atoms with Crippen molar-refractivity contribution in [3.8, 4) is 5.75 Å². The van der Waals surface area contributed by atoms with E-state index in [1.807, 2.05) is 39.8 Å². The van der Waals surface area contributed by atoms with E-state index in [1.165, 1.54) is 0 Å². The van der Waals surface area contributed by atoms with E-state index in [1.54, 1.807) is 29.9 Å². The first-order valence-corrected chi connectivity index (χ1v) is 8.54. The van der Waals surface area contributed by atoms with Gasteiger partial charge in [0.05, 0.1) is 17.9 Å². The highest BCUT2D eigenvalue weighted by Crippen LogP contribution is 2.19. The van der Waals surface area contributed by atoms with Crippen LogP contribution in [0.5, 0.6) is 5.75 Å². The number of aliphatic hydroxyl groups excluding tert-OH is 1. The molecule has 0 aliphatic rings. The Morgan fingerprint density at radius 3 is 2.40 bits per heavy atom. The molecule has 0 bridgehead atoms. The van der Waals surface area contributed by atoms with Crippen LogP contribution in [0.15, 0.2) is 30.3 Å². The molecule has 0 aliphatic carbocycles. The molecule has 0 spiro atoms. The molecule has 1 amide bonds. The van der Waals surface area contributed by atoms with E-state index in [9.17, 15) is 9.90 Å². The van der Waals surface area contributed by atoms with E-state index in [-0.39, 0.29) is 24.5 Å². The second kappa shape index (κ2) is 8.16. The Labute approximate surface area is 148 Å². The minimum absolute atomic E-state index is 0.102. The van der Waals surface area contributed by atoms with Crippen molar-refractivity contribution in [3.63, 3.8) is 0 Å². The minimum atomic E-state index is -0.783. The topological polar surface area (TPSA) is 76.4 Å². The van der Waals surface area contributed by atoms with Crippen LogP contribution in [0.25, 0.3) is 0 Å². The van der Waals surface area contributed by atoms with Crippen LogP contribution in [0, 0.1) is 0 Å². The van der Waals surface area contributed by atoms with Gasteiger partial charge in [-0.2, -0.15) is 5.10 Å². The number of aliphatic hydroxyl groups is 1. The molecule has 0 aliphatic heterocycles. The van der Waals surface area contributed by atoms with Crippen molar-refractivity contribution >= 4 is 5.91 Å². The van der Waals surface area contributed by atoms with Gasteiger partial charge in [0.2, 0.25) is 0 Å². The van der Waals surface area contributed by atoms with Gasteiger partial charge >= 0.3 is 0 Å². The summed E-state index contributed by atoms with van der Waals surface area (Å²) >= 11 is 0. The van der Waals surface area contributed by atoms with Crippen LogP contribution in [0.2, 0.25) is 0 Å². The number of aromatic nitrogens is 2. The molecule has 136 valence electrons. The van der Waals surface area contributed by atoms with Crippen molar-refractivity contribution in [2.45, 2.75) is 45.8 Å². The average Bonchev–Trinajstić information content (AvgIpc) is 2.94. The van der Waals surface area contributed by atoms with Gasteiger partial charge in [0.15, 0.2) is 0 Å². The van der Waals surface area contributed by atoms with Crippen molar-refractivity contribution in [2.75, 3.05) is 6.54 Å². The molecule has 2 rings (SSSR count). The van der Waals surface area contributed by atoms with Gasteiger partial charge in [-0.15, -0.1) is 0 Å². The van der Waals surface area contributed by atoms with Crippen LogP contribution in [-0.2, 0) is 7.05 Å². The van der Waals surface area contributed by atoms with Crippen LogP contribution in [0.4, 0.5) is 0 Å². The van der Waals surface area contributed by atoms with Crippen LogP contribution >= 0.6 is 0 Å². The molecule has 2 aromatic rings. The lowest BCUT2D eigenvalue weighted by atomic mass is 10.1. The fraction of sp³-hybridized carbons (Fsp3) is 0.474. The average molecular weight is 345 g/mol. The molecule has 6 nitrogen and oxygen atoms in total. The Bertz CT molecular complexity index is 705. The van der Waals surface area contributed by atoms with Gasteiger partial charge < -0.3 is 15.2 Å². The molecule has 1 aromatic heterocycles. The molecular formula is C19H27N3O3. The third-order valence-electron chi connectivity index (χ3n) is 3.82. The van der Waals surface area contributed by atoms with E-state index in [0.717, 1.165) is 17.0 Å². The highest BCUT2D eigenvalue weighted by atomic mass is 16.5. The van der Waals surface area contributed by atoms with Gasteiger partial charge in [-0.25, -0.2) is 0 Å². The summed E-state index contributed by atoms with van der Waals surface area (Å²) in [5.41, 5.74) is 2.08. The highest BCUT2D eigenvalue weighted by molar-refractivity contribution is 5.92. The Kier molecular flexibility index (Phi) is 6.20. The maximum absolute atomic E-state index is 12.3. The van der Waals surface area contributed by atoms with Gasteiger partial charge in [0.25, 0.3) is 5.91 Å². The summed E-state index contributed by atoms with van der Waals surface area (Å²) in [4.78, 5) is 12.3. The second-order valence-electron chi connectivity index (χ2n) is 6.69. The maximum Gasteiger partial charge on any atom is 0.269 e. The zero-order valence-corrected chi connectivity index (χ0v) is 15.5. The first-order valence-electron chi connectivity index (χ1n) is 8.54. The highest BCUT2D eigenvalue weighted by Gasteiger charge is 2.16. The molecule has 2 N–H and O–H groups in total. The van der Waals surface area contributed by atoms with E-state index < -0.39 is 6.10 Å². The molecule has 25 heavy (non-hydrogen) atoms. The molecule has 0 fully saturated rings. The number of aryl methyl sites for hydroxylation is 1. The Morgan fingerprint density at radius 1 is 1.24 bits per heavy atom. The Morgan fingerprint density at radius 2 is 1.88 bits per heavy atom. The number of amides is 1. The Balaban J connectivity index is 1.95. The maximum atomic E-state index is 12.3. The summed E-state index contributed by atoms with van der Waals surface area (Å²) in [6.07, 6.45) is -0.681. The number of benzene rings is 1. The predicted molar refractivity (Wildman–Crippen MR) is 96.8 cm³/mol. The first-order chi connectivity index (χ1) is 11.8. The van der Waals surface area contributed by atoms with Crippen molar-refractivity contribution in [3.05, 3.63) is 47.3 Å². The monoisotopic (exact) mass is 345 g/mol. The summed E-state index contributed by atoms with van der Waals surface area (Å²) in [6.45, 7) is 8.11. The number of rotatable bonds is 7. The minimum Gasteiger partial charge on any atom is -0.491 e. The van der Waals surface area contributed by atoms with Gasteiger partial charge in [-0.3, -0.25) is 9.48 Å². The number of carbonyl (C=O) groups is 1. The van der Waals surface area contributed by atoms with Crippen molar-refractivity contribution < 1.29 is 14.6 Å². The quantitative estimate of drug-likeness (QED) is 0.809. The molecule has 0 saturated carbocycles. The number of nitrogens with zero attached hydrogens (tertiary/aromatic N) is 2. The van der Waals surface area contributed by atoms with Crippen molar-refractivity contribution in [1.29, 1.82) is 0 Å². The fourth-order valence-electron chi connectivity index (χ4n) is 2.42. The summed E-state index contributed by atoms with van der Waals surface area (Å²) in [6, 6.07) is 9.02. The van der Waals surface area contributed by atoms with Crippen molar-refractivity contribution in [2.24, 2.45) is 7.05 Å². The molecule has 1 unspecified atom stereocenters. The lowest BCUT2D eigenvalue weighted by Crippen LogP contribution is -2.29. The van der Waals surface area contributed by atoms with Crippen LogP contribution < -0.4 is 10.1 Å². The van der Waals surface area contributed by atoms with Crippen LogP contribution in [0.3, 0.4) is 0 Å². The molecule has 0 saturated heterocycles. The predicted octanol–water partition coefficient (Wildman–Crippen LogP) is 2.79. The lowest BCUT2D eigenvalue weighted by Gasteiger charge is -2.14. The van der Waals surface area contributed by atoms with Crippen LogP contribution in [0.1, 0.15) is 61.5 Å². The number of hydrogen-bond acceptors (Lipinski definition) is 4. The standard InChI is InChI=1S/C19H27N3O3/c1-12(2)16-10-17(22(5)21-16)19(24)20-11-18(23)14-6-8-15(9-7-14)25-13(3)4/h6-10,12-13,18,23H,11H2,1-5H3,(H,20,24). The molecule has 6 heteroatoms. The zero-order chi connectivity index (χ0) is 18.6. The number of hydrogen-bond donors (Lipinski definition) is 2. The normalized spacial score (nSPS) is 12.5. The Hall–Kier alpha value is -2.34. The first kappa shape index (κ1) is 19.0. The largest absolute Gasteiger partial charge is 0.491 e. The van der Waals surface area contributed by atoms with Crippen molar-refractivity contribution in [1.82, 2.24) is 15.1 Å². The lowest BCUT2D eigenvalue weighted by molar-refractivity contribution is 0.0907. The third kappa shape index (κ3) is 5.06. The number of nitrogens with one attached hydrogen (secondary N) is 1. The van der Waals surface area contributed by atoms with Gasteiger partial charge in [-0.05, 0) is 43.5 Å². The molecule has 1 atom stereocenters. The van der Waals surface area contributed by atoms with Crippen LogP contribution in [-0.4, -0.2) is 33.4 Å². The molecule has 1 aromatic carbocycles. The zero-order valence-electron chi connectivity index (χ0n) is 15.5. The van der Waals surface area contributed by atoms with E-state index in [4.69, 9.17) is 4.74 Å². The fourth-order valence-corrected chi connectivity index (χ4v) is 2.42. The summed E-state index contributed by atoms with van der Waals surface area (Å²) < 4.78 is 7.14. The summed E-state index contributed by atoms with van der Waals surface area (Å²) in [5.74, 6) is 0.761. The number of carbonyl (C=O) groups excluding carboxylic acids is 1. The SMILES string of the molecule is CC(C)Oc1ccc(C(O)CNC(=O)c2cc(C(C)C)nn2C)cc1. The summed E-state index contributed by atoms with van der Waals surface area (Å²) in [7, 11) is 1.74. The molecule has 1 heterocycles. The van der Waals surface area contributed by atoms with E-state index in [0.29, 0.717) is 5.69 Å². The van der Waals surface area contributed by atoms with Gasteiger partial charge in [0, 0.05) is 13.6 Å². The number of ether oxygens (including phenoxy) is 1. The third-order valence-corrected chi connectivity index (χ3v) is 3.82. The van der Waals surface area contributed by atoms with Gasteiger partial charge in [0.1, 0.15) is 11.4 Å². The smallest absolute Gasteiger partial charge is 0.269 e. The summed E-state index contributed by atoms with van der Waals surface area (Å²) in [5, 5.41) is 17.4. The molecular weight excluding hydrogens is 318 g/mol. The van der Waals surface area contributed by atoms with Gasteiger partial charge in [-0.1, -0.05) is 26.0 Å². The molecule has 0 radical (unpaired) electrons. The second-order valence-corrected chi connectivity index (χ2v) is 6.69. The van der Waals surface area contributed by atoms with E-state index >= 15 is 0 Å². The van der Waals surface area contributed by atoms with E-state index in [2.05, 4.69) is 10.4 Å².